The molecule has 2 unspecified atom stereocenters. The van der Waals surface area contributed by atoms with Crippen molar-refractivity contribution in [2.75, 3.05) is 7.05 Å². The van der Waals surface area contributed by atoms with Crippen LogP contribution in [0.4, 0.5) is 13.2 Å². The van der Waals surface area contributed by atoms with E-state index in [2.05, 4.69) is 19.2 Å². The summed E-state index contributed by atoms with van der Waals surface area (Å²) in [6.45, 7) is 4.15. The van der Waals surface area contributed by atoms with Crippen molar-refractivity contribution in [2.45, 2.75) is 32.5 Å². The van der Waals surface area contributed by atoms with Crippen LogP contribution in [0.5, 0.6) is 0 Å². The van der Waals surface area contributed by atoms with Gasteiger partial charge in [-0.3, -0.25) is 0 Å². The molecule has 1 aromatic rings. The molecule has 2 atom stereocenters. The largest absolute Gasteiger partial charge is 0.416 e. The predicted molar refractivity (Wildman–Crippen MR) is 62.7 cm³/mol. The summed E-state index contributed by atoms with van der Waals surface area (Å²) in [4.78, 5) is 0. The van der Waals surface area contributed by atoms with E-state index in [4.69, 9.17) is 0 Å². The number of benzene rings is 1. The first-order chi connectivity index (χ1) is 7.90. The number of rotatable bonds is 4. The molecule has 0 saturated carbocycles. The molecule has 96 valence electrons. The van der Waals surface area contributed by atoms with Gasteiger partial charge < -0.3 is 5.32 Å². The van der Waals surface area contributed by atoms with Gasteiger partial charge in [0.1, 0.15) is 0 Å². The Morgan fingerprint density at radius 1 is 1.18 bits per heavy atom. The summed E-state index contributed by atoms with van der Waals surface area (Å²) in [5, 5.41) is 3.15. The van der Waals surface area contributed by atoms with Crippen molar-refractivity contribution in [3.8, 4) is 0 Å². The van der Waals surface area contributed by atoms with Gasteiger partial charge in [-0.05, 0) is 30.7 Å². The summed E-state index contributed by atoms with van der Waals surface area (Å²) in [6.07, 6.45) is -3.28. The Morgan fingerprint density at radius 2 is 1.71 bits per heavy atom. The summed E-state index contributed by atoms with van der Waals surface area (Å²) >= 11 is 0. The van der Waals surface area contributed by atoms with E-state index in [0.29, 0.717) is 5.92 Å². The van der Waals surface area contributed by atoms with Crippen LogP contribution in [0.3, 0.4) is 0 Å². The summed E-state index contributed by atoms with van der Waals surface area (Å²) in [5.74, 6) is 0.386. The smallest absolute Gasteiger partial charge is 0.313 e. The molecular formula is C13H18F3N. The lowest BCUT2D eigenvalue weighted by Gasteiger charge is -2.23. The lowest BCUT2D eigenvalue weighted by atomic mass is 9.92. The predicted octanol–water partition coefficient (Wildman–Crippen LogP) is 4.01. The molecule has 0 amide bonds. The second-order valence-electron chi connectivity index (χ2n) is 4.27. The third-order valence-corrected chi connectivity index (χ3v) is 3.12. The van der Waals surface area contributed by atoms with Crippen LogP contribution in [0, 0.1) is 5.92 Å². The Bertz CT molecular complexity index is 343. The van der Waals surface area contributed by atoms with Gasteiger partial charge in [0.25, 0.3) is 0 Å². The van der Waals surface area contributed by atoms with Gasteiger partial charge in [0.15, 0.2) is 0 Å². The minimum atomic E-state index is -4.26. The highest BCUT2D eigenvalue weighted by atomic mass is 19.4. The van der Waals surface area contributed by atoms with Gasteiger partial charge in [0.2, 0.25) is 0 Å². The second-order valence-corrected chi connectivity index (χ2v) is 4.27. The third-order valence-electron chi connectivity index (χ3n) is 3.12. The van der Waals surface area contributed by atoms with Gasteiger partial charge in [-0.2, -0.15) is 13.2 Å². The molecular weight excluding hydrogens is 227 g/mol. The van der Waals surface area contributed by atoms with Crippen molar-refractivity contribution in [3.05, 3.63) is 35.4 Å². The monoisotopic (exact) mass is 245 g/mol. The molecule has 0 spiro atoms. The molecule has 1 nitrogen and oxygen atoms in total. The van der Waals surface area contributed by atoms with Crippen LogP contribution >= 0.6 is 0 Å². The Balaban J connectivity index is 2.93. The molecule has 17 heavy (non-hydrogen) atoms. The van der Waals surface area contributed by atoms with Crippen LogP contribution in [-0.2, 0) is 6.18 Å². The van der Waals surface area contributed by atoms with Crippen LogP contribution in [0.15, 0.2) is 24.3 Å². The molecule has 0 aliphatic carbocycles. The molecule has 1 aromatic carbocycles. The minimum Gasteiger partial charge on any atom is -0.313 e. The lowest BCUT2D eigenvalue weighted by molar-refractivity contribution is -0.137. The maximum Gasteiger partial charge on any atom is 0.416 e. The molecule has 0 aliphatic heterocycles. The number of hydrogen-bond donors (Lipinski definition) is 1. The maximum atomic E-state index is 12.4. The van der Waals surface area contributed by atoms with Crippen LogP contribution in [-0.4, -0.2) is 7.05 Å². The van der Waals surface area contributed by atoms with Crippen molar-refractivity contribution < 1.29 is 13.2 Å². The van der Waals surface area contributed by atoms with Crippen molar-refractivity contribution in [1.82, 2.24) is 5.32 Å². The zero-order valence-electron chi connectivity index (χ0n) is 10.3. The van der Waals surface area contributed by atoms with E-state index in [1.54, 1.807) is 12.1 Å². The van der Waals surface area contributed by atoms with Crippen molar-refractivity contribution >= 4 is 0 Å². The van der Waals surface area contributed by atoms with Gasteiger partial charge in [-0.1, -0.05) is 32.4 Å². The molecule has 0 heterocycles. The van der Waals surface area contributed by atoms with E-state index in [1.165, 1.54) is 0 Å². The Hall–Kier alpha value is -1.03. The molecule has 1 rings (SSSR count). The van der Waals surface area contributed by atoms with Crippen molar-refractivity contribution in [1.29, 1.82) is 0 Å². The van der Waals surface area contributed by atoms with Gasteiger partial charge in [0, 0.05) is 6.04 Å². The average Bonchev–Trinajstić information content (AvgIpc) is 2.29. The SMILES string of the molecule is CCC(C)C(NC)c1ccc(C(F)(F)F)cc1. The second kappa shape index (κ2) is 5.54. The summed E-state index contributed by atoms with van der Waals surface area (Å²) in [7, 11) is 1.83. The summed E-state index contributed by atoms with van der Waals surface area (Å²) < 4.78 is 37.2. The number of alkyl halides is 3. The van der Waals surface area contributed by atoms with Crippen molar-refractivity contribution in [3.63, 3.8) is 0 Å². The normalized spacial score (nSPS) is 15.6. The molecule has 4 heteroatoms. The van der Waals surface area contributed by atoms with E-state index >= 15 is 0 Å². The maximum absolute atomic E-state index is 12.4. The van der Waals surface area contributed by atoms with E-state index in [1.807, 2.05) is 7.05 Å². The van der Waals surface area contributed by atoms with Crippen LogP contribution in [0.2, 0.25) is 0 Å². The standard InChI is InChI=1S/C13H18F3N/c1-4-9(2)12(17-3)10-5-7-11(8-6-10)13(14,15)16/h5-9,12,17H,4H2,1-3H3. The van der Waals surface area contributed by atoms with E-state index < -0.39 is 11.7 Å². The minimum absolute atomic E-state index is 0.0993. The first kappa shape index (κ1) is 14.0. The van der Waals surface area contributed by atoms with Gasteiger partial charge in [-0.15, -0.1) is 0 Å². The van der Waals surface area contributed by atoms with E-state index in [9.17, 15) is 13.2 Å². The van der Waals surface area contributed by atoms with Crippen molar-refractivity contribution in [2.24, 2.45) is 5.92 Å². The molecule has 1 N–H and O–H groups in total. The quantitative estimate of drug-likeness (QED) is 0.845. The Morgan fingerprint density at radius 3 is 2.06 bits per heavy atom. The van der Waals surface area contributed by atoms with Crippen LogP contribution < -0.4 is 5.32 Å². The molecule has 0 radical (unpaired) electrons. The number of hydrogen-bond acceptors (Lipinski definition) is 1. The van der Waals surface area contributed by atoms with Gasteiger partial charge in [-0.25, -0.2) is 0 Å². The Kier molecular flexibility index (Phi) is 4.57. The highest BCUT2D eigenvalue weighted by Gasteiger charge is 2.30. The lowest BCUT2D eigenvalue weighted by Crippen LogP contribution is -2.23. The molecule has 0 fully saturated rings. The first-order valence-corrected chi connectivity index (χ1v) is 5.74. The van der Waals surface area contributed by atoms with Crippen LogP contribution in [0.25, 0.3) is 0 Å². The first-order valence-electron chi connectivity index (χ1n) is 5.74. The summed E-state index contributed by atoms with van der Waals surface area (Å²) in [5.41, 5.74) is 0.301. The zero-order chi connectivity index (χ0) is 13.1. The fourth-order valence-electron chi connectivity index (χ4n) is 1.89. The average molecular weight is 245 g/mol. The molecule has 0 aromatic heterocycles. The molecule has 0 bridgehead atoms. The fourth-order valence-corrected chi connectivity index (χ4v) is 1.89. The van der Waals surface area contributed by atoms with E-state index in [0.717, 1.165) is 24.1 Å². The number of nitrogens with one attached hydrogen (secondary N) is 1. The fraction of sp³-hybridized carbons (Fsp3) is 0.538. The van der Waals surface area contributed by atoms with Gasteiger partial charge >= 0.3 is 6.18 Å². The zero-order valence-corrected chi connectivity index (χ0v) is 10.3. The van der Waals surface area contributed by atoms with E-state index in [-0.39, 0.29) is 6.04 Å². The molecule has 0 saturated heterocycles. The highest BCUT2D eigenvalue weighted by molar-refractivity contribution is 5.27. The van der Waals surface area contributed by atoms with Crippen LogP contribution in [0.1, 0.15) is 37.4 Å². The summed E-state index contributed by atoms with van der Waals surface area (Å²) in [6, 6.07) is 5.48. The van der Waals surface area contributed by atoms with Gasteiger partial charge in [0.05, 0.1) is 5.56 Å². The topological polar surface area (TPSA) is 12.0 Å². The molecule has 0 aliphatic rings. The third kappa shape index (κ3) is 3.46. The highest BCUT2D eigenvalue weighted by Crippen LogP contribution is 2.31. The number of halogens is 3. The Labute approximate surface area is 100 Å².